The number of carbonyl (C=O) groups is 1. The topological polar surface area (TPSA) is 52.6 Å². The van der Waals surface area contributed by atoms with Crippen LogP contribution in [0.25, 0.3) is 0 Å². The SMILES string of the molecule is CC(CN1CC2CCCNC2C1)C(=O)O. The lowest BCUT2D eigenvalue weighted by Gasteiger charge is -2.24. The minimum Gasteiger partial charge on any atom is -0.481 e. The summed E-state index contributed by atoms with van der Waals surface area (Å²) in [6.07, 6.45) is 2.57. The maximum Gasteiger partial charge on any atom is 0.307 e. The van der Waals surface area contributed by atoms with Crippen LogP contribution in [0, 0.1) is 11.8 Å². The predicted molar refractivity (Wildman–Crippen MR) is 57.8 cm³/mol. The molecule has 3 atom stereocenters. The standard InChI is InChI=1S/C11H20N2O2/c1-8(11(14)15)5-13-6-9-3-2-4-12-10(9)7-13/h8-10,12H,2-7H2,1H3,(H,14,15). The van der Waals surface area contributed by atoms with Crippen LogP contribution in [-0.2, 0) is 4.79 Å². The number of hydrogen-bond acceptors (Lipinski definition) is 3. The number of rotatable bonds is 3. The molecule has 3 unspecified atom stereocenters. The Kier molecular flexibility index (Phi) is 3.26. The lowest BCUT2D eigenvalue weighted by Crippen LogP contribution is -2.41. The van der Waals surface area contributed by atoms with Crippen molar-refractivity contribution >= 4 is 5.97 Å². The van der Waals surface area contributed by atoms with E-state index in [0.717, 1.165) is 25.6 Å². The fourth-order valence-electron chi connectivity index (χ4n) is 2.75. The van der Waals surface area contributed by atoms with E-state index >= 15 is 0 Å². The van der Waals surface area contributed by atoms with Gasteiger partial charge in [0.15, 0.2) is 0 Å². The van der Waals surface area contributed by atoms with E-state index in [9.17, 15) is 4.79 Å². The lowest BCUT2D eigenvalue weighted by atomic mass is 9.94. The number of hydrogen-bond donors (Lipinski definition) is 2. The summed E-state index contributed by atoms with van der Waals surface area (Å²) in [5.41, 5.74) is 0. The van der Waals surface area contributed by atoms with Gasteiger partial charge in [0.05, 0.1) is 5.92 Å². The van der Waals surface area contributed by atoms with Crippen LogP contribution in [0.15, 0.2) is 0 Å². The Balaban J connectivity index is 1.83. The summed E-state index contributed by atoms with van der Waals surface area (Å²) in [4.78, 5) is 13.1. The molecule has 4 nitrogen and oxygen atoms in total. The molecule has 0 aliphatic carbocycles. The van der Waals surface area contributed by atoms with Crippen molar-refractivity contribution in [1.29, 1.82) is 0 Å². The van der Waals surface area contributed by atoms with Crippen LogP contribution in [0.4, 0.5) is 0 Å². The van der Waals surface area contributed by atoms with E-state index in [1.54, 1.807) is 6.92 Å². The number of aliphatic carboxylic acids is 1. The zero-order valence-corrected chi connectivity index (χ0v) is 9.28. The Morgan fingerprint density at radius 1 is 1.60 bits per heavy atom. The van der Waals surface area contributed by atoms with Crippen molar-refractivity contribution in [2.45, 2.75) is 25.8 Å². The second-order valence-corrected chi connectivity index (χ2v) is 4.92. The first-order chi connectivity index (χ1) is 7.16. The van der Waals surface area contributed by atoms with Crippen LogP contribution >= 0.6 is 0 Å². The molecule has 15 heavy (non-hydrogen) atoms. The molecule has 0 amide bonds. The second kappa shape index (κ2) is 4.49. The van der Waals surface area contributed by atoms with Crippen molar-refractivity contribution in [3.63, 3.8) is 0 Å². The van der Waals surface area contributed by atoms with Gasteiger partial charge in [-0.15, -0.1) is 0 Å². The minimum atomic E-state index is -0.683. The van der Waals surface area contributed by atoms with E-state index in [1.165, 1.54) is 12.8 Å². The molecule has 2 heterocycles. The molecule has 86 valence electrons. The summed E-state index contributed by atoms with van der Waals surface area (Å²) in [5, 5.41) is 12.4. The normalized spacial score (nSPS) is 33.7. The van der Waals surface area contributed by atoms with Gasteiger partial charge in [-0.25, -0.2) is 0 Å². The van der Waals surface area contributed by atoms with Crippen molar-refractivity contribution in [1.82, 2.24) is 10.2 Å². The summed E-state index contributed by atoms with van der Waals surface area (Å²) < 4.78 is 0. The third-order valence-electron chi connectivity index (χ3n) is 3.63. The fourth-order valence-corrected chi connectivity index (χ4v) is 2.75. The highest BCUT2D eigenvalue weighted by Gasteiger charge is 2.34. The zero-order chi connectivity index (χ0) is 10.8. The van der Waals surface area contributed by atoms with Crippen LogP contribution in [0.2, 0.25) is 0 Å². The lowest BCUT2D eigenvalue weighted by molar-refractivity contribution is -0.141. The number of piperidine rings is 1. The van der Waals surface area contributed by atoms with Gasteiger partial charge < -0.3 is 15.3 Å². The molecule has 2 fully saturated rings. The summed E-state index contributed by atoms with van der Waals surface area (Å²) in [5.74, 6) is -0.178. The number of likely N-dealkylation sites (tertiary alicyclic amines) is 1. The molecule has 0 saturated carbocycles. The van der Waals surface area contributed by atoms with E-state index in [4.69, 9.17) is 5.11 Å². The summed E-state index contributed by atoms with van der Waals surface area (Å²) in [7, 11) is 0. The molecule has 0 bridgehead atoms. The zero-order valence-electron chi connectivity index (χ0n) is 9.28. The molecule has 4 heteroatoms. The maximum absolute atomic E-state index is 10.8. The first-order valence-electron chi connectivity index (χ1n) is 5.85. The van der Waals surface area contributed by atoms with Gasteiger partial charge in [-0.1, -0.05) is 6.92 Å². The molecule has 0 radical (unpaired) electrons. The van der Waals surface area contributed by atoms with Gasteiger partial charge in [-0.3, -0.25) is 4.79 Å². The molecule has 0 spiro atoms. The summed E-state index contributed by atoms with van der Waals surface area (Å²) in [6.45, 7) is 5.73. The van der Waals surface area contributed by atoms with Gasteiger partial charge in [0.1, 0.15) is 0 Å². The van der Waals surface area contributed by atoms with Crippen molar-refractivity contribution in [3.8, 4) is 0 Å². The van der Waals surface area contributed by atoms with E-state index in [-0.39, 0.29) is 5.92 Å². The molecular formula is C11H20N2O2. The second-order valence-electron chi connectivity index (χ2n) is 4.92. The molecule has 0 aromatic carbocycles. The average Bonchev–Trinajstić information content (AvgIpc) is 2.59. The Morgan fingerprint density at radius 3 is 3.07 bits per heavy atom. The summed E-state index contributed by atoms with van der Waals surface area (Å²) in [6, 6.07) is 0.611. The van der Waals surface area contributed by atoms with Gasteiger partial charge in [0.2, 0.25) is 0 Å². The van der Waals surface area contributed by atoms with E-state index in [2.05, 4.69) is 10.2 Å². The quantitative estimate of drug-likeness (QED) is 0.710. The van der Waals surface area contributed by atoms with Crippen molar-refractivity contribution in [2.24, 2.45) is 11.8 Å². The molecule has 2 aliphatic rings. The fraction of sp³-hybridized carbons (Fsp3) is 0.909. The Hall–Kier alpha value is -0.610. The average molecular weight is 212 g/mol. The van der Waals surface area contributed by atoms with Crippen molar-refractivity contribution < 1.29 is 9.90 Å². The third-order valence-corrected chi connectivity index (χ3v) is 3.63. The molecule has 2 N–H and O–H groups in total. The van der Waals surface area contributed by atoms with Gasteiger partial charge in [-0.2, -0.15) is 0 Å². The highest BCUT2D eigenvalue weighted by Crippen LogP contribution is 2.25. The summed E-state index contributed by atoms with van der Waals surface area (Å²) >= 11 is 0. The highest BCUT2D eigenvalue weighted by molar-refractivity contribution is 5.69. The van der Waals surface area contributed by atoms with Gasteiger partial charge in [0, 0.05) is 25.7 Å². The Bertz CT molecular complexity index is 231. The van der Waals surface area contributed by atoms with Crippen LogP contribution in [-0.4, -0.2) is 48.2 Å². The van der Waals surface area contributed by atoms with Crippen LogP contribution in [0.3, 0.4) is 0 Å². The van der Waals surface area contributed by atoms with Gasteiger partial charge in [-0.05, 0) is 25.3 Å². The molecular weight excluding hydrogens is 192 g/mol. The van der Waals surface area contributed by atoms with Crippen LogP contribution < -0.4 is 5.32 Å². The number of carboxylic acid groups (broad SMARTS) is 1. The van der Waals surface area contributed by atoms with Crippen molar-refractivity contribution in [2.75, 3.05) is 26.2 Å². The highest BCUT2D eigenvalue weighted by atomic mass is 16.4. The van der Waals surface area contributed by atoms with E-state index in [0.29, 0.717) is 12.6 Å². The van der Waals surface area contributed by atoms with Gasteiger partial charge in [0.25, 0.3) is 0 Å². The first kappa shape index (κ1) is 10.9. The van der Waals surface area contributed by atoms with E-state index < -0.39 is 5.97 Å². The minimum absolute atomic E-state index is 0.245. The van der Waals surface area contributed by atoms with Crippen molar-refractivity contribution in [3.05, 3.63) is 0 Å². The van der Waals surface area contributed by atoms with Crippen LogP contribution in [0.5, 0.6) is 0 Å². The Labute approximate surface area is 90.6 Å². The molecule has 2 aliphatic heterocycles. The van der Waals surface area contributed by atoms with Gasteiger partial charge >= 0.3 is 5.97 Å². The maximum atomic E-state index is 10.8. The number of nitrogens with one attached hydrogen (secondary N) is 1. The molecule has 2 rings (SSSR count). The molecule has 0 aromatic heterocycles. The largest absolute Gasteiger partial charge is 0.481 e. The predicted octanol–water partition coefficient (Wildman–Crippen LogP) is 0.391. The number of nitrogens with zero attached hydrogens (tertiary/aromatic N) is 1. The smallest absolute Gasteiger partial charge is 0.307 e. The van der Waals surface area contributed by atoms with E-state index in [1.807, 2.05) is 0 Å². The number of fused-ring (bicyclic) bond motifs is 1. The molecule has 0 aromatic rings. The third kappa shape index (κ3) is 2.49. The first-order valence-corrected chi connectivity index (χ1v) is 5.85. The monoisotopic (exact) mass is 212 g/mol. The molecule has 2 saturated heterocycles. The number of carboxylic acids is 1. The van der Waals surface area contributed by atoms with Crippen LogP contribution in [0.1, 0.15) is 19.8 Å². The Morgan fingerprint density at radius 2 is 2.40 bits per heavy atom.